The maximum Gasteiger partial charge on any atom is 0.249 e. The molecule has 0 aromatic heterocycles. The van der Waals surface area contributed by atoms with Crippen LogP contribution in [0.1, 0.15) is 45.1 Å². The predicted molar refractivity (Wildman–Crippen MR) is 68.9 cm³/mol. The molecule has 1 saturated carbocycles. The molecule has 0 atom stereocenters. The van der Waals surface area contributed by atoms with Gasteiger partial charge in [-0.25, -0.2) is 8.78 Å². The molecule has 0 spiro atoms. The van der Waals surface area contributed by atoms with E-state index in [0.29, 0.717) is 0 Å². The van der Waals surface area contributed by atoms with Gasteiger partial charge in [0.05, 0.1) is 0 Å². The lowest BCUT2D eigenvalue weighted by atomic mass is 9.77. The molecule has 0 heterocycles. The van der Waals surface area contributed by atoms with E-state index in [1.807, 2.05) is 45.0 Å². The molecule has 1 aromatic rings. The van der Waals surface area contributed by atoms with Crippen molar-refractivity contribution in [2.45, 2.75) is 45.5 Å². The maximum atomic E-state index is 12.7. The van der Waals surface area contributed by atoms with E-state index in [0.717, 1.165) is 17.8 Å². The highest BCUT2D eigenvalue weighted by Crippen LogP contribution is 2.48. The number of hydrogen-bond donors (Lipinski definition) is 1. The first-order valence-corrected chi connectivity index (χ1v) is 6.32. The summed E-state index contributed by atoms with van der Waals surface area (Å²) in [7, 11) is 0. The number of rotatable bonds is 3. The van der Waals surface area contributed by atoms with E-state index in [9.17, 15) is 8.78 Å². The highest BCUT2D eigenvalue weighted by molar-refractivity contribution is 5.47. The molecule has 0 amide bonds. The third kappa shape index (κ3) is 3.69. The number of hydrogen-bond acceptors (Lipinski definition) is 1. The van der Waals surface area contributed by atoms with Gasteiger partial charge in [-0.3, -0.25) is 0 Å². The van der Waals surface area contributed by atoms with Gasteiger partial charge in [0.2, 0.25) is 5.92 Å². The second-order valence-corrected chi connectivity index (χ2v) is 4.12. The van der Waals surface area contributed by atoms with Crippen LogP contribution in [-0.4, -0.2) is 12.5 Å². The molecule has 1 nitrogen and oxygen atoms in total. The van der Waals surface area contributed by atoms with Gasteiger partial charge in [0.25, 0.3) is 0 Å². The number of anilines is 1. The van der Waals surface area contributed by atoms with E-state index in [1.165, 1.54) is 0 Å². The standard InChI is InChI=1S/C12H15F2N.C2H6/c1-2-15-11-5-3-4-9(6-11)10-7-12(13,14)8-10;1-2/h3-6,10,15H,2,7-8H2,1H3;1-2H3. The predicted octanol–water partition coefficient (Wildman–Crippen LogP) is 4.66. The van der Waals surface area contributed by atoms with Crippen molar-refractivity contribution in [1.82, 2.24) is 0 Å². The van der Waals surface area contributed by atoms with Crippen LogP contribution in [0.3, 0.4) is 0 Å². The van der Waals surface area contributed by atoms with Crippen molar-refractivity contribution in [2.75, 3.05) is 11.9 Å². The number of alkyl halides is 2. The van der Waals surface area contributed by atoms with Crippen LogP contribution in [0.15, 0.2) is 24.3 Å². The topological polar surface area (TPSA) is 12.0 Å². The molecule has 1 N–H and O–H groups in total. The lowest BCUT2D eigenvalue weighted by Gasteiger charge is -2.35. The minimum Gasteiger partial charge on any atom is -0.385 e. The molecule has 1 fully saturated rings. The average Bonchev–Trinajstić information content (AvgIpc) is 2.29. The highest BCUT2D eigenvalue weighted by Gasteiger charge is 2.45. The molecule has 0 bridgehead atoms. The van der Waals surface area contributed by atoms with E-state index >= 15 is 0 Å². The van der Waals surface area contributed by atoms with Crippen LogP contribution in [0.25, 0.3) is 0 Å². The summed E-state index contributed by atoms with van der Waals surface area (Å²) >= 11 is 0. The van der Waals surface area contributed by atoms with Crippen LogP contribution in [-0.2, 0) is 0 Å². The van der Waals surface area contributed by atoms with Crippen LogP contribution in [0.2, 0.25) is 0 Å². The normalized spacial score (nSPS) is 17.7. The first-order chi connectivity index (χ1) is 8.11. The zero-order valence-electron chi connectivity index (χ0n) is 10.8. The zero-order chi connectivity index (χ0) is 12.9. The van der Waals surface area contributed by atoms with Crippen LogP contribution in [0.5, 0.6) is 0 Å². The maximum absolute atomic E-state index is 12.7. The Morgan fingerprint density at radius 1 is 1.29 bits per heavy atom. The summed E-state index contributed by atoms with van der Waals surface area (Å²) in [4.78, 5) is 0. The fourth-order valence-corrected chi connectivity index (χ4v) is 2.00. The Balaban J connectivity index is 0.000000686. The summed E-state index contributed by atoms with van der Waals surface area (Å²) < 4.78 is 25.4. The summed E-state index contributed by atoms with van der Waals surface area (Å²) in [5.41, 5.74) is 2.05. The summed E-state index contributed by atoms with van der Waals surface area (Å²) in [5, 5.41) is 3.18. The molecule has 0 saturated heterocycles. The van der Waals surface area contributed by atoms with E-state index in [1.54, 1.807) is 0 Å². The second-order valence-electron chi connectivity index (χ2n) is 4.12. The van der Waals surface area contributed by atoms with Crippen LogP contribution in [0.4, 0.5) is 14.5 Å². The lowest BCUT2D eigenvalue weighted by Crippen LogP contribution is -2.33. The molecule has 3 heteroatoms. The molecule has 0 unspecified atom stereocenters. The monoisotopic (exact) mass is 241 g/mol. The Hall–Kier alpha value is -1.12. The molecule has 1 aliphatic rings. The molecule has 1 aliphatic carbocycles. The van der Waals surface area contributed by atoms with Gasteiger partial charge in [-0.1, -0.05) is 26.0 Å². The van der Waals surface area contributed by atoms with Gasteiger partial charge in [0.1, 0.15) is 0 Å². The van der Waals surface area contributed by atoms with Crippen molar-refractivity contribution in [3.8, 4) is 0 Å². The minimum absolute atomic E-state index is 0.00256. The van der Waals surface area contributed by atoms with Gasteiger partial charge in [-0.05, 0) is 30.5 Å². The zero-order valence-corrected chi connectivity index (χ0v) is 10.8. The quantitative estimate of drug-likeness (QED) is 0.811. The third-order valence-electron chi connectivity index (χ3n) is 2.83. The van der Waals surface area contributed by atoms with Gasteiger partial charge < -0.3 is 5.32 Å². The van der Waals surface area contributed by atoms with Gasteiger partial charge in [0.15, 0.2) is 0 Å². The summed E-state index contributed by atoms with van der Waals surface area (Å²) in [6, 6.07) is 7.79. The SMILES string of the molecule is CC.CCNc1cccc(C2CC(F)(F)C2)c1. The molecule has 0 radical (unpaired) electrons. The van der Waals surface area contributed by atoms with Crippen molar-refractivity contribution in [3.63, 3.8) is 0 Å². The average molecular weight is 241 g/mol. The first-order valence-electron chi connectivity index (χ1n) is 6.32. The fourth-order valence-electron chi connectivity index (χ4n) is 2.00. The summed E-state index contributed by atoms with van der Waals surface area (Å²) in [6.07, 6.45) is 0.00512. The van der Waals surface area contributed by atoms with Crippen LogP contribution in [0, 0.1) is 0 Å². The molecule has 1 aromatic carbocycles. The minimum atomic E-state index is -2.43. The lowest BCUT2D eigenvalue weighted by molar-refractivity contribution is -0.0867. The molecule has 17 heavy (non-hydrogen) atoms. The van der Waals surface area contributed by atoms with Crippen molar-refractivity contribution in [2.24, 2.45) is 0 Å². The number of nitrogens with one attached hydrogen (secondary N) is 1. The fraction of sp³-hybridized carbons (Fsp3) is 0.571. The van der Waals surface area contributed by atoms with Gasteiger partial charge in [-0.2, -0.15) is 0 Å². The Kier molecular flexibility index (Phi) is 4.91. The van der Waals surface area contributed by atoms with Crippen molar-refractivity contribution >= 4 is 5.69 Å². The number of halogens is 2. The molecule has 96 valence electrons. The van der Waals surface area contributed by atoms with Gasteiger partial charge >= 0.3 is 0 Å². The van der Waals surface area contributed by atoms with Gasteiger partial charge in [-0.15, -0.1) is 0 Å². The van der Waals surface area contributed by atoms with Crippen molar-refractivity contribution in [1.29, 1.82) is 0 Å². The Morgan fingerprint density at radius 2 is 1.94 bits per heavy atom. The summed E-state index contributed by atoms with van der Waals surface area (Å²) in [6.45, 7) is 6.87. The van der Waals surface area contributed by atoms with Crippen LogP contribution >= 0.6 is 0 Å². The first kappa shape index (κ1) is 13.9. The third-order valence-corrected chi connectivity index (χ3v) is 2.83. The van der Waals surface area contributed by atoms with E-state index < -0.39 is 5.92 Å². The second kappa shape index (κ2) is 5.99. The molecule has 2 rings (SSSR count). The van der Waals surface area contributed by atoms with Crippen molar-refractivity contribution < 1.29 is 8.78 Å². The van der Waals surface area contributed by atoms with Crippen LogP contribution < -0.4 is 5.32 Å². The van der Waals surface area contributed by atoms with Crippen molar-refractivity contribution in [3.05, 3.63) is 29.8 Å². The van der Waals surface area contributed by atoms with E-state index in [-0.39, 0.29) is 18.8 Å². The van der Waals surface area contributed by atoms with E-state index in [2.05, 4.69) is 5.32 Å². The largest absolute Gasteiger partial charge is 0.385 e. The van der Waals surface area contributed by atoms with Gasteiger partial charge in [0, 0.05) is 25.1 Å². The molecular weight excluding hydrogens is 220 g/mol. The molecular formula is C14H21F2N. The number of benzene rings is 1. The smallest absolute Gasteiger partial charge is 0.249 e. The molecule has 0 aliphatic heterocycles. The summed E-state index contributed by atoms with van der Waals surface area (Å²) in [5.74, 6) is -2.39. The Morgan fingerprint density at radius 3 is 2.47 bits per heavy atom. The highest BCUT2D eigenvalue weighted by atomic mass is 19.3. The Bertz CT molecular complexity index is 342. The van der Waals surface area contributed by atoms with E-state index in [4.69, 9.17) is 0 Å². The Labute approximate surface area is 102 Å².